The number of aliphatic hydroxyl groups is 1. The second-order valence-electron chi connectivity index (χ2n) is 3.82. The van der Waals surface area contributed by atoms with E-state index in [9.17, 15) is 4.39 Å². The summed E-state index contributed by atoms with van der Waals surface area (Å²) in [7, 11) is 0. The van der Waals surface area contributed by atoms with Gasteiger partial charge in [-0.15, -0.1) is 0 Å². The molecule has 3 nitrogen and oxygen atoms in total. The lowest BCUT2D eigenvalue weighted by Crippen LogP contribution is -2.04. The lowest BCUT2D eigenvalue weighted by molar-refractivity contribution is 0.281. The molecule has 0 radical (unpaired) electrons. The molecule has 18 heavy (non-hydrogen) atoms. The fourth-order valence-corrected chi connectivity index (χ4v) is 1.87. The third kappa shape index (κ3) is 3.27. The summed E-state index contributed by atoms with van der Waals surface area (Å²) in [5, 5.41) is 11.9. The predicted molar refractivity (Wildman–Crippen MR) is 71.6 cm³/mol. The van der Waals surface area contributed by atoms with Crippen molar-refractivity contribution < 1.29 is 9.50 Å². The van der Waals surface area contributed by atoms with E-state index in [4.69, 9.17) is 5.11 Å². The van der Waals surface area contributed by atoms with Gasteiger partial charge >= 0.3 is 0 Å². The third-order valence-electron chi connectivity index (χ3n) is 2.44. The topological polar surface area (TPSA) is 45.1 Å². The molecule has 0 saturated heterocycles. The van der Waals surface area contributed by atoms with Gasteiger partial charge in [-0.2, -0.15) is 0 Å². The van der Waals surface area contributed by atoms with Crippen LogP contribution in [-0.4, -0.2) is 10.1 Å². The summed E-state index contributed by atoms with van der Waals surface area (Å²) >= 11 is 3.15. The van der Waals surface area contributed by atoms with E-state index in [0.29, 0.717) is 11.0 Å². The summed E-state index contributed by atoms with van der Waals surface area (Å²) < 4.78 is 14.1. The summed E-state index contributed by atoms with van der Waals surface area (Å²) in [5.74, 6) is -0.185. The van der Waals surface area contributed by atoms with Gasteiger partial charge < -0.3 is 10.4 Å². The first-order chi connectivity index (χ1) is 8.69. The Kier molecular flexibility index (Phi) is 4.28. The van der Waals surface area contributed by atoms with E-state index in [1.807, 2.05) is 24.3 Å². The van der Waals surface area contributed by atoms with E-state index in [-0.39, 0.29) is 12.4 Å². The van der Waals surface area contributed by atoms with Gasteiger partial charge in [-0.25, -0.2) is 9.37 Å². The van der Waals surface area contributed by atoms with Crippen LogP contribution in [0.25, 0.3) is 0 Å². The molecule has 1 aromatic heterocycles. The molecule has 0 bridgehead atoms. The first-order valence-electron chi connectivity index (χ1n) is 5.42. The molecule has 0 unspecified atom stereocenters. The molecule has 0 amide bonds. The number of anilines is 1. The van der Waals surface area contributed by atoms with Gasteiger partial charge in [0.1, 0.15) is 0 Å². The molecule has 94 valence electrons. The van der Waals surface area contributed by atoms with Crippen LogP contribution in [0.1, 0.15) is 11.1 Å². The summed E-state index contributed by atoms with van der Waals surface area (Å²) in [6, 6.07) is 8.82. The van der Waals surface area contributed by atoms with Crippen LogP contribution >= 0.6 is 15.9 Å². The van der Waals surface area contributed by atoms with Crippen LogP contribution in [0.4, 0.5) is 10.2 Å². The summed E-state index contributed by atoms with van der Waals surface area (Å²) in [5.41, 5.74) is 1.80. The van der Waals surface area contributed by atoms with Crippen molar-refractivity contribution in [3.63, 3.8) is 0 Å². The minimum absolute atomic E-state index is 0.00126. The van der Waals surface area contributed by atoms with Crippen LogP contribution in [0, 0.1) is 5.82 Å². The van der Waals surface area contributed by atoms with E-state index < -0.39 is 5.82 Å². The van der Waals surface area contributed by atoms with Gasteiger partial charge in [0.15, 0.2) is 11.6 Å². The molecule has 2 rings (SSSR count). The number of aromatic nitrogens is 1. The Labute approximate surface area is 113 Å². The van der Waals surface area contributed by atoms with Crippen molar-refractivity contribution in [3.05, 3.63) is 57.9 Å². The SMILES string of the molecule is OCc1cccc(CNc2ncc(Br)cc2F)c1. The number of hydrogen-bond acceptors (Lipinski definition) is 3. The number of hydrogen-bond donors (Lipinski definition) is 2. The Bertz CT molecular complexity index is 548. The van der Waals surface area contributed by atoms with E-state index in [1.165, 1.54) is 12.3 Å². The van der Waals surface area contributed by atoms with Crippen molar-refractivity contribution in [2.45, 2.75) is 13.2 Å². The maximum atomic E-state index is 13.5. The second-order valence-corrected chi connectivity index (χ2v) is 4.73. The van der Waals surface area contributed by atoms with E-state index in [0.717, 1.165) is 11.1 Å². The highest BCUT2D eigenvalue weighted by atomic mass is 79.9. The number of rotatable bonds is 4. The average Bonchev–Trinajstić information content (AvgIpc) is 2.38. The first-order valence-corrected chi connectivity index (χ1v) is 6.22. The maximum Gasteiger partial charge on any atom is 0.166 e. The van der Waals surface area contributed by atoms with Gasteiger partial charge in [-0.05, 0) is 33.1 Å². The highest BCUT2D eigenvalue weighted by Crippen LogP contribution is 2.17. The summed E-state index contributed by atoms with van der Waals surface area (Å²) in [4.78, 5) is 3.95. The molecule has 2 N–H and O–H groups in total. The number of benzene rings is 1. The standard InChI is InChI=1S/C13H12BrFN2O/c14-11-5-12(15)13(17-7-11)16-6-9-2-1-3-10(4-9)8-18/h1-5,7,18H,6,8H2,(H,16,17). The van der Waals surface area contributed by atoms with Crippen molar-refractivity contribution in [1.82, 2.24) is 4.98 Å². The molecule has 0 aliphatic heterocycles. The Balaban J connectivity index is 2.06. The van der Waals surface area contributed by atoms with E-state index in [1.54, 1.807) is 0 Å². The molecule has 1 heterocycles. The monoisotopic (exact) mass is 310 g/mol. The summed E-state index contributed by atoms with van der Waals surface area (Å²) in [6.07, 6.45) is 1.54. The van der Waals surface area contributed by atoms with Gasteiger partial charge in [0.2, 0.25) is 0 Å². The number of nitrogens with zero attached hydrogens (tertiary/aromatic N) is 1. The minimum Gasteiger partial charge on any atom is -0.392 e. The molecule has 0 aliphatic carbocycles. The maximum absolute atomic E-state index is 13.5. The van der Waals surface area contributed by atoms with Gasteiger partial charge in [0.05, 0.1) is 6.61 Å². The summed E-state index contributed by atoms with van der Waals surface area (Å²) in [6.45, 7) is 0.456. The normalized spacial score (nSPS) is 10.4. The minimum atomic E-state index is -0.400. The van der Waals surface area contributed by atoms with Crippen LogP contribution < -0.4 is 5.32 Å². The van der Waals surface area contributed by atoms with Crippen LogP contribution in [0.5, 0.6) is 0 Å². The number of halogens is 2. The van der Waals surface area contributed by atoms with Crippen molar-refractivity contribution in [2.75, 3.05) is 5.32 Å². The quantitative estimate of drug-likeness (QED) is 0.912. The van der Waals surface area contributed by atoms with Crippen LogP contribution in [0.3, 0.4) is 0 Å². The van der Waals surface area contributed by atoms with Crippen LogP contribution in [0.2, 0.25) is 0 Å². The van der Waals surface area contributed by atoms with E-state index in [2.05, 4.69) is 26.2 Å². The third-order valence-corrected chi connectivity index (χ3v) is 2.88. The van der Waals surface area contributed by atoms with E-state index >= 15 is 0 Å². The van der Waals surface area contributed by atoms with Crippen molar-refractivity contribution in [2.24, 2.45) is 0 Å². The lowest BCUT2D eigenvalue weighted by Gasteiger charge is -2.07. The fourth-order valence-electron chi connectivity index (χ4n) is 1.57. The van der Waals surface area contributed by atoms with Crippen LogP contribution in [0.15, 0.2) is 41.0 Å². The Morgan fingerprint density at radius 2 is 2.06 bits per heavy atom. The lowest BCUT2D eigenvalue weighted by atomic mass is 10.1. The average molecular weight is 311 g/mol. The molecule has 2 aromatic rings. The van der Waals surface area contributed by atoms with Crippen LogP contribution in [-0.2, 0) is 13.2 Å². The fraction of sp³-hybridized carbons (Fsp3) is 0.154. The zero-order valence-electron chi connectivity index (χ0n) is 9.53. The van der Waals surface area contributed by atoms with Crippen molar-refractivity contribution in [1.29, 1.82) is 0 Å². The zero-order valence-corrected chi connectivity index (χ0v) is 11.1. The Morgan fingerprint density at radius 1 is 1.28 bits per heavy atom. The molecule has 0 spiro atoms. The molecule has 0 aliphatic rings. The van der Waals surface area contributed by atoms with Gasteiger partial charge in [0.25, 0.3) is 0 Å². The highest BCUT2D eigenvalue weighted by molar-refractivity contribution is 9.10. The smallest absolute Gasteiger partial charge is 0.166 e. The Morgan fingerprint density at radius 3 is 2.78 bits per heavy atom. The molecule has 0 fully saturated rings. The van der Waals surface area contributed by atoms with Crippen molar-refractivity contribution in [3.8, 4) is 0 Å². The molecule has 5 heteroatoms. The molecular formula is C13H12BrFN2O. The second kappa shape index (κ2) is 5.93. The van der Waals surface area contributed by atoms with Gasteiger partial charge in [-0.3, -0.25) is 0 Å². The largest absolute Gasteiger partial charge is 0.392 e. The zero-order chi connectivity index (χ0) is 13.0. The first kappa shape index (κ1) is 13.0. The molecular weight excluding hydrogens is 299 g/mol. The highest BCUT2D eigenvalue weighted by Gasteiger charge is 2.04. The van der Waals surface area contributed by atoms with Crippen molar-refractivity contribution >= 4 is 21.7 Å². The molecule has 0 saturated carbocycles. The number of aliphatic hydroxyl groups excluding tert-OH is 1. The Hall–Kier alpha value is -1.46. The number of pyridine rings is 1. The van der Waals surface area contributed by atoms with Gasteiger partial charge in [0, 0.05) is 17.2 Å². The molecule has 1 aromatic carbocycles. The van der Waals surface area contributed by atoms with Gasteiger partial charge in [-0.1, -0.05) is 24.3 Å². The number of nitrogens with one attached hydrogen (secondary N) is 1. The molecule has 0 atom stereocenters. The predicted octanol–water partition coefficient (Wildman–Crippen LogP) is 3.09.